The number of fused-ring (bicyclic) bond motifs is 7. The van der Waals surface area contributed by atoms with Crippen LogP contribution < -0.4 is 0 Å². The first-order chi connectivity index (χ1) is 14.7. The molecular formula is C27H42O4. The molecule has 0 unspecified atom stereocenters. The highest BCUT2D eigenvalue weighted by molar-refractivity contribution is 5.87. The fourth-order valence-corrected chi connectivity index (χ4v) is 9.93. The topological polar surface area (TPSA) is 55.8 Å². The molecule has 0 bridgehead atoms. The molecule has 4 heteroatoms. The molecule has 0 aromatic carbocycles. The van der Waals surface area contributed by atoms with Crippen molar-refractivity contribution in [2.24, 2.45) is 52.3 Å². The Morgan fingerprint density at radius 1 is 1.00 bits per heavy atom. The van der Waals surface area contributed by atoms with Gasteiger partial charge in [-0.3, -0.25) is 4.79 Å². The smallest absolute Gasteiger partial charge is 0.171 e. The Hall–Kier alpha value is -0.450. The van der Waals surface area contributed by atoms with E-state index in [9.17, 15) is 9.90 Å². The summed E-state index contributed by atoms with van der Waals surface area (Å²) >= 11 is 0. The van der Waals surface area contributed by atoms with E-state index in [0.717, 1.165) is 51.6 Å². The van der Waals surface area contributed by atoms with Crippen molar-refractivity contribution in [3.8, 4) is 0 Å². The highest BCUT2D eigenvalue weighted by atomic mass is 16.7. The fourth-order valence-electron chi connectivity index (χ4n) is 9.93. The molecule has 4 nitrogen and oxygen atoms in total. The van der Waals surface area contributed by atoms with Crippen LogP contribution in [0.4, 0.5) is 0 Å². The zero-order valence-corrected chi connectivity index (χ0v) is 19.9. The maximum atomic E-state index is 14.0. The van der Waals surface area contributed by atoms with Crippen LogP contribution in [0, 0.1) is 52.3 Å². The maximum Gasteiger partial charge on any atom is 0.171 e. The molecule has 4 saturated carbocycles. The highest BCUT2D eigenvalue weighted by Gasteiger charge is 2.71. The third-order valence-corrected chi connectivity index (χ3v) is 11.8. The van der Waals surface area contributed by atoms with E-state index in [4.69, 9.17) is 9.47 Å². The molecule has 0 amide bonds. The number of aliphatic hydroxyl groups is 1. The van der Waals surface area contributed by atoms with Gasteiger partial charge in [0.2, 0.25) is 0 Å². The number of rotatable bonds is 0. The second kappa shape index (κ2) is 6.79. The van der Waals surface area contributed by atoms with Crippen molar-refractivity contribution in [3.05, 3.63) is 0 Å². The van der Waals surface area contributed by atoms with E-state index in [1.165, 1.54) is 12.8 Å². The van der Waals surface area contributed by atoms with Crippen LogP contribution in [0.25, 0.3) is 0 Å². The first-order valence-corrected chi connectivity index (χ1v) is 13.2. The Bertz CT molecular complexity index is 756. The summed E-state index contributed by atoms with van der Waals surface area (Å²) in [6, 6.07) is 0. The summed E-state index contributed by atoms with van der Waals surface area (Å²) in [5.74, 6) is 3.45. The lowest BCUT2D eigenvalue weighted by molar-refractivity contribution is -0.272. The molecule has 2 saturated heterocycles. The van der Waals surface area contributed by atoms with Crippen LogP contribution in [0.3, 0.4) is 0 Å². The molecule has 4 aliphatic carbocycles. The lowest BCUT2D eigenvalue weighted by Crippen LogP contribution is -2.58. The fraction of sp³-hybridized carbons (Fsp3) is 0.963. The van der Waals surface area contributed by atoms with Gasteiger partial charge in [-0.1, -0.05) is 27.7 Å². The SMILES string of the molecule is C[C@H]1CC[C@@]2(OC1)O[C@H]1C[C@@H]3[C@H]4CC[C@H]5C[C@@H](O)CC[C@]5(C)[C@H]4CC(=O)[C@]3(C)[C@H]1[C@@H]2C. The number of hydrogen-bond acceptors (Lipinski definition) is 4. The lowest BCUT2D eigenvalue weighted by atomic mass is 9.44. The average molecular weight is 431 g/mol. The van der Waals surface area contributed by atoms with E-state index < -0.39 is 5.79 Å². The summed E-state index contributed by atoms with van der Waals surface area (Å²) in [4.78, 5) is 14.0. The van der Waals surface area contributed by atoms with Gasteiger partial charge in [-0.15, -0.1) is 0 Å². The van der Waals surface area contributed by atoms with Gasteiger partial charge in [0.25, 0.3) is 0 Å². The second-order valence-corrected chi connectivity index (χ2v) is 13.0. The summed E-state index contributed by atoms with van der Waals surface area (Å²) in [5, 5.41) is 10.3. The van der Waals surface area contributed by atoms with Gasteiger partial charge in [0.15, 0.2) is 5.79 Å². The third-order valence-electron chi connectivity index (χ3n) is 11.8. The van der Waals surface area contributed by atoms with E-state index in [1.54, 1.807) is 0 Å². The van der Waals surface area contributed by atoms with Crippen LogP contribution >= 0.6 is 0 Å². The quantitative estimate of drug-likeness (QED) is 0.589. The number of carbonyl (C=O) groups excluding carboxylic acids is 1. The molecule has 2 aliphatic heterocycles. The zero-order valence-electron chi connectivity index (χ0n) is 19.9. The highest BCUT2D eigenvalue weighted by Crippen LogP contribution is 2.70. The van der Waals surface area contributed by atoms with Crippen LogP contribution in [0.2, 0.25) is 0 Å². The molecule has 31 heavy (non-hydrogen) atoms. The Morgan fingerprint density at radius 3 is 2.55 bits per heavy atom. The molecular weight excluding hydrogens is 388 g/mol. The number of carbonyl (C=O) groups is 1. The van der Waals surface area contributed by atoms with E-state index >= 15 is 0 Å². The van der Waals surface area contributed by atoms with E-state index in [0.29, 0.717) is 41.3 Å². The Morgan fingerprint density at radius 2 is 1.81 bits per heavy atom. The van der Waals surface area contributed by atoms with Gasteiger partial charge in [-0.25, -0.2) is 0 Å². The van der Waals surface area contributed by atoms with Gasteiger partial charge in [0.05, 0.1) is 18.8 Å². The summed E-state index contributed by atoms with van der Waals surface area (Å²) in [5.41, 5.74) is -0.0221. The zero-order chi connectivity index (χ0) is 21.8. The second-order valence-electron chi connectivity index (χ2n) is 13.0. The Kier molecular flexibility index (Phi) is 4.62. The summed E-state index contributed by atoms with van der Waals surface area (Å²) in [6.07, 6.45) is 9.39. The molecule has 0 aromatic rings. The minimum atomic E-state index is -0.448. The van der Waals surface area contributed by atoms with Crippen molar-refractivity contribution in [1.29, 1.82) is 0 Å². The van der Waals surface area contributed by atoms with Gasteiger partial charge in [0, 0.05) is 30.1 Å². The molecule has 6 rings (SSSR count). The standard InChI is InChI=1S/C27H42O4/c1-15-7-10-27(30-14-15)16(2)24-22(31-27)12-21-19-6-5-17-11-18(28)8-9-25(17,3)20(19)13-23(29)26(21,24)4/h15-22,24,28H,5-14H2,1-4H3/t15-,16-,17-,18-,19-,20-,21+,22-,24-,25-,26+,27+/m0/s1. The van der Waals surface area contributed by atoms with Crippen molar-refractivity contribution in [1.82, 2.24) is 0 Å². The van der Waals surface area contributed by atoms with Crippen molar-refractivity contribution in [2.45, 2.75) is 103 Å². The number of hydrogen-bond donors (Lipinski definition) is 1. The average Bonchev–Trinajstić information content (AvgIpc) is 3.18. The van der Waals surface area contributed by atoms with Gasteiger partial charge in [-0.05, 0) is 80.0 Å². The van der Waals surface area contributed by atoms with E-state index in [1.807, 2.05) is 0 Å². The lowest BCUT2D eigenvalue weighted by Gasteiger charge is -2.60. The molecule has 0 radical (unpaired) electrons. The molecule has 6 aliphatic rings. The van der Waals surface area contributed by atoms with Gasteiger partial charge >= 0.3 is 0 Å². The van der Waals surface area contributed by atoms with Gasteiger partial charge in [0.1, 0.15) is 5.78 Å². The Labute approximate surface area is 187 Å². The van der Waals surface area contributed by atoms with Crippen molar-refractivity contribution >= 4 is 5.78 Å². The predicted octanol–water partition coefficient (Wildman–Crippen LogP) is 4.97. The first kappa shape index (κ1) is 21.1. The van der Waals surface area contributed by atoms with Crippen LogP contribution in [0.5, 0.6) is 0 Å². The largest absolute Gasteiger partial charge is 0.393 e. The molecule has 1 spiro atoms. The predicted molar refractivity (Wildman–Crippen MR) is 118 cm³/mol. The normalized spacial score (nSPS) is 60.9. The van der Waals surface area contributed by atoms with Crippen LogP contribution in [-0.2, 0) is 14.3 Å². The number of ketones is 1. The molecule has 1 N–H and O–H groups in total. The van der Waals surface area contributed by atoms with Crippen LogP contribution in [0.1, 0.15) is 85.5 Å². The Balaban J connectivity index is 1.30. The van der Waals surface area contributed by atoms with Crippen LogP contribution in [-0.4, -0.2) is 35.5 Å². The maximum absolute atomic E-state index is 14.0. The number of ether oxygens (including phenoxy) is 2. The first-order valence-electron chi connectivity index (χ1n) is 13.2. The van der Waals surface area contributed by atoms with Crippen molar-refractivity contribution < 1.29 is 19.4 Å². The molecule has 6 fully saturated rings. The van der Waals surface area contributed by atoms with Crippen LogP contribution in [0.15, 0.2) is 0 Å². The van der Waals surface area contributed by atoms with Crippen molar-refractivity contribution in [2.75, 3.05) is 6.61 Å². The van der Waals surface area contributed by atoms with Gasteiger partial charge in [-0.2, -0.15) is 0 Å². The van der Waals surface area contributed by atoms with Crippen molar-refractivity contribution in [3.63, 3.8) is 0 Å². The third kappa shape index (κ3) is 2.68. The van der Waals surface area contributed by atoms with E-state index in [2.05, 4.69) is 27.7 Å². The summed E-state index contributed by atoms with van der Waals surface area (Å²) < 4.78 is 13.2. The minimum absolute atomic E-state index is 0.131. The number of aliphatic hydroxyl groups excluding tert-OH is 1. The number of Topliss-reactive ketones (excluding diaryl/α,β-unsaturated/α-hetero) is 1. The summed E-state index contributed by atoms with van der Waals surface area (Å²) in [6.45, 7) is 10.1. The summed E-state index contributed by atoms with van der Waals surface area (Å²) in [7, 11) is 0. The molecule has 2 heterocycles. The molecule has 0 aromatic heterocycles. The van der Waals surface area contributed by atoms with Gasteiger partial charge < -0.3 is 14.6 Å². The molecule has 174 valence electrons. The van der Waals surface area contributed by atoms with E-state index in [-0.39, 0.29) is 29.0 Å². The minimum Gasteiger partial charge on any atom is -0.393 e. The molecule has 12 atom stereocenters. The monoisotopic (exact) mass is 430 g/mol.